The number of hydrogen-bond donors (Lipinski definition) is 4. The molecule has 3 rings (SSSR count). The lowest BCUT2D eigenvalue weighted by molar-refractivity contribution is 0.156. The first-order chi connectivity index (χ1) is 10.0. The Kier molecular flexibility index (Phi) is 3.45. The lowest BCUT2D eigenvalue weighted by atomic mass is 10.00. The molecule has 1 aromatic carbocycles. The molecule has 0 spiro atoms. The summed E-state index contributed by atoms with van der Waals surface area (Å²) >= 11 is 1.53. The van der Waals surface area contributed by atoms with Gasteiger partial charge in [-0.3, -0.25) is 0 Å². The average molecular weight is 302 g/mol. The summed E-state index contributed by atoms with van der Waals surface area (Å²) in [6.45, 7) is 0. The van der Waals surface area contributed by atoms with E-state index < -0.39 is 6.10 Å². The van der Waals surface area contributed by atoms with Crippen molar-refractivity contribution in [2.75, 3.05) is 0 Å². The van der Waals surface area contributed by atoms with E-state index in [-0.39, 0.29) is 17.3 Å². The Bertz CT molecular complexity index is 742. The summed E-state index contributed by atoms with van der Waals surface area (Å²) in [5.74, 6) is -0.309. The minimum Gasteiger partial charge on any atom is -0.510 e. The highest BCUT2D eigenvalue weighted by Gasteiger charge is 2.18. The smallest absolute Gasteiger partial charge is 0.158 e. The van der Waals surface area contributed by atoms with Crippen LogP contribution in [-0.4, -0.2) is 26.5 Å². The van der Waals surface area contributed by atoms with Gasteiger partial charge in [-0.1, -0.05) is 6.08 Å². The third-order valence-electron chi connectivity index (χ3n) is 3.39. The summed E-state index contributed by atoms with van der Waals surface area (Å²) in [6.07, 6.45) is 2.83. The van der Waals surface area contributed by atoms with Crippen LogP contribution in [0.1, 0.15) is 11.3 Å². The highest BCUT2D eigenvalue weighted by atomic mass is 32.1. The number of rotatable bonds is 2. The van der Waals surface area contributed by atoms with Gasteiger partial charge in [-0.25, -0.2) is 0 Å². The van der Waals surface area contributed by atoms with Gasteiger partial charge in [-0.05, 0) is 47.5 Å². The number of aromatic hydroxyl groups is 2. The van der Waals surface area contributed by atoms with Gasteiger partial charge in [0, 0.05) is 16.2 Å². The minimum atomic E-state index is -0.853. The molecule has 0 fully saturated rings. The number of aliphatic hydroxyl groups excluding tert-OH is 2. The van der Waals surface area contributed by atoms with E-state index in [1.165, 1.54) is 29.5 Å². The summed E-state index contributed by atoms with van der Waals surface area (Å²) in [6, 6.07) is 8.58. The average Bonchev–Trinajstić information content (AvgIpc) is 2.94. The molecule has 4 N–H and O–H groups in total. The van der Waals surface area contributed by atoms with Gasteiger partial charge in [0.05, 0.1) is 0 Å². The number of hydrogen-bond acceptors (Lipinski definition) is 5. The molecule has 1 aliphatic carbocycles. The van der Waals surface area contributed by atoms with Crippen LogP contribution in [0, 0.1) is 0 Å². The van der Waals surface area contributed by atoms with Crippen LogP contribution in [0.2, 0.25) is 0 Å². The van der Waals surface area contributed by atoms with Crippen molar-refractivity contribution in [1.82, 2.24) is 0 Å². The molecule has 1 heterocycles. The van der Waals surface area contributed by atoms with Gasteiger partial charge in [0.25, 0.3) is 0 Å². The third kappa shape index (κ3) is 2.66. The molecule has 4 nitrogen and oxygen atoms in total. The fourth-order valence-corrected chi connectivity index (χ4v) is 3.24. The molecule has 108 valence electrons. The van der Waals surface area contributed by atoms with Crippen molar-refractivity contribution in [3.8, 4) is 21.9 Å². The van der Waals surface area contributed by atoms with E-state index in [4.69, 9.17) is 0 Å². The van der Waals surface area contributed by atoms with E-state index in [0.29, 0.717) is 6.42 Å². The molecule has 1 unspecified atom stereocenters. The van der Waals surface area contributed by atoms with Gasteiger partial charge in [-0.2, -0.15) is 0 Å². The van der Waals surface area contributed by atoms with Gasteiger partial charge in [0.2, 0.25) is 0 Å². The first-order valence-corrected chi connectivity index (χ1v) is 7.26. The summed E-state index contributed by atoms with van der Waals surface area (Å²) in [5, 5.41) is 38.0. The molecule has 0 radical (unpaired) electrons. The van der Waals surface area contributed by atoms with Crippen molar-refractivity contribution in [1.29, 1.82) is 0 Å². The maximum Gasteiger partial charge on any atom is 0.158 e. The quantitative estimate of drug-likeness (QED) is 0.641. The van der Waals surface area contributed by atoms with E-state index in [1.54, 1.807) is 12.1 Å². The molecule has 1 atom stereocenters. The Morgan fingerprint density at radius 1 is 0.905 bits per heavy atom. The van der Waals surface area contributed by atoms with E-state index >= 15 is 0 Å². The second kappa shape index (κ2) is 5.27. The van der Waals surface area contributed by atoms with Crippen LogP contribution in [0.15, 0.2) is 48.2 Å². The first kappa shape index (κ1) is 13.7. The molecule has 5 heteroatoms. The predicted octanol–water partition coefficient (Wildman–Crippen LogP) is 3.42. The fourth-order valence-electron chi connectivity index (χ4n) is 2.20. The van der Waals surface area contributed by atoms with Crippen molar-refractivity contribution in [3.63, 3.8) is 0 Å². The normalized spacial score (nSPS) is 18.2. The van der Waals surface area contributed by atoms with Crippen LogP contribution in [0.25, 0.3) is 16.0 Å². The zero-order valence-electron chi connectivity index (χ0n) is 11.0. The molecule has 0 aliphatic heterocycles. The van der Waals surface area contributed by atoms with E-state index in [9.17, 15) is 20.4 Å². The number of aliphatic hydroxyl groups is 2. The third-order valence-corrected chi connectivity index (χ3v) is 4.60. The number of phenols is 2. The molecule has 1 aromatic heterocycles. The highest BCUT2D eigenvalue weighted by Crippen LogP contribution is 2.38. The first-order valence-electron chi connectivity index (χ1n) is 6.45. The minimum absolute atomic E-state index is 0.0148. The monoisotopic (exact) mass is 302 g/mol. The maximum atomic E-state index is 9.68. The van der Waals surface area contributed by atoms with Gasteiger partial charge in [-0.15, -0.1) is 11.3 Å². The number of phenolic OH excluding ortho intramolecular Hbond substituents is 2. The molecular weight excluding hydrogens is 288 g/mol. The van der Waals surface area contributed by atoms with E-state index in [2.05, 4.69) is 0 Å². The molecule has 0 amide bonds. The van der Waals surface area contributed by atoms with Gasteiger partial charge in [0.1, 0.15) is 11.9 Å². The molecule has 2 aromatic rings. The Morgan fingerprint density at radius 2 is 1.67 bits per heavy atom. The fraction of sp³-hybridized carbons (Fsp3) is 0.125. The Morgan fingerprint density at radius 3 is 2.38 bits per heavy atom. The lowest BCUT2D eigenvalue weighted by Gasteiger charge is -2.15. The van der Waals surface area contributed by atoms with Crippen LogP contribution in [0.4, 0.5) is 0 Å². The lowest BCUT2D eigenvalue weighted by Crippen LogP contribution is -2.13. The van der Waals surface area contributed by atoms with Gasteiger partial charge >= 0.3 is 0 Å². The van der Waals surface area contributed by atoms with Crippen molar-refractivity contribution in [2.45, 2.75) is 12.5 Å². The van der Waals surface area contributed by atoms with Crippen LogP contribution in [0.5, 0.6) is 11.5 Å². The molecule has 0 bridgehead atoms. The van der Waals surface area contributed by atoms with Crippen LogP contribution >= 0.6 is 11.3 Å². The summed E-state index contributed by atoms with van der Waals surface area (Å²) < 4.78 is 0. The van der Waals surface area contributed by atoms with Gasteiger partial charge < -0.3 is 20.4 Å². The van der Waals surface area contributed by atoms with E-state index in [0.717, 1.165) is 20.9 Å². The maximum absolute atomic E-state index is 9.68. The summed E-state index contributed by atoms with van der Waals surface area (Å²) in [7, 11) is 0. The molecule has 0 saturated carbocycles. The Balaban J connectivity index is 1.92. The number of allylic oxidation sites excluding steroid dienone is 2. The molecule has 0 saturated heterocycles. The van der Waals surface area contributed by atoms with Crippen LogP contribution in [0.3, 0.4) is 0 Å². The highest BCUT2D eigenvalue weighted by molar-refractivity contribution is 7.16. The second-order valence-electron chi connectivity index (χ2n) is 4.87. The number of benzene rings is 1. The zero-order valence-corrected chi connectivity index (χ0v) is 11.8. The molecule has 1 aliphatic rings. The van der Waals surface area contributed by atoms with E-state index in [1.807, 2.05) is 12.1 Å². The van der Waals surface area contributed by atoms with Crippen molar-refractivity contribution < 1.29 is 20.4 Å². The molecular formula is C16H14O4S. The van der Waals surface area contributed by atoms with Crippen LogP contribution < -0.4 is 0 Å². The van der Waals surface area contributed by atoms with Crippen molar-refractivity contribution in [2.24, 2.45) is 0 Å². The van der Waals surface area contributed by atoms with Crippen LogP contribution in [-0.2, 0) is 0 Å². The number of thiophene rings is 1. The van der Waals surface area contributed by atoms with Crippen molar-refractivity contribution in [3.05, 3.63) is 53.1 Å². The van der Waals surface area contributed by atoms with Crippen molar-refractivity contribution >= 4 is 16.9 Å². The Labute approximate surface area is 125 Å². The summed E-state index contributed by atoms with van der Waals surface area (Å²) in [4.78, 5) is 1.95. The second-order valence-corrected chi connectivity index (χ2v) is 5.95. The Hall–Kier alpha value is -2.24. The predicted molar refractivity (Wildman–Crippen MR) is 82.4 cm³/mol. The SMILES string of the molecule is OC1=CC=C(c2ccc(-c3ccc(O)c(O)c3)s2)CC1O. The largest absolute Gasteiger partial charge is 0.510 e. The molecule has 21 heavy (non-hydrogen) atoms. The zero-order chi connectivity index (χ0) is 15.0. The standard InChI is InChI=1S/C16H14O4S/c17-11-3-1-9(7-13(11)19)15-5-6-16(21-15)10-2-4-12(18)14(20)8-10/h1-7,14,17-20H,8H2. The topological polar surface area (TPSA) is 80.9 Å². The van der Waals surface area contributed by atoms with Gasteiger partial charge in [0.15, 0.2) is 11.5 Å². The summed E-state index contributed by atoms with van der Waals surface area (Å²) in [5.41, 5.74) is 1.77.